The molecule has 1 unspecified atom stereocenters. The first-order valence-electron chi connectivity index (χ1n) is 7.02. The molecule has 2 heterocycles. The Morgan fingerprint density at radius 2 is 2.14 bits per heavy atom. The molecule has 2 aliphatic rings. The Balaban J connectivity index is 1.62. The van der Waals surface area contributed by atoms with Gasteiger partial charge in [0.2, 0.25) is 0 Å². The maximum atomic E-state index is 12.2. The van der Waals surface area contributed by atoms with Crippen molar-refractivity contribution < 1.29 is 22.7 Å². The van der Waals surface area contributed by atoms with Gasteiger partial charge in [-0.15, -0.1) is 13.2 Å². The molecule has 1 atom stereocenters. The molecule has 2 fully saturated rings. The highest BCUT2D eigenvalue weighted by molar-refractivity contribution is 5.77. The van der Waals surface area contributed by atoms with E-state index >= 15 is 0 Å². The number of amides is 2. The van der Waals surface area contributed by atoms with Gasteiger partial charge in [0.1, 0.15) is 5.75 Å². The Labute approximate surface area is 125 Å². The van der Waals surface area contributed by atoms with Crippen molar-refractivity contribution in [3.8, 4) is 5.75 Å². The average molecular weight is 315 g/mol. The number of rotatable bonds is 3. The van der Waals surface area contributed by atoms with Crippen molar-refractivity contribution in [3.05, 3.63) is 29.8 Å². The summed E-state index contributed by atoms with van der Waals surface area (Å²) >= 11 is 0. The van der Waals surface area contributed by atoms with E-state index in [4.69, 9.17) is 0 Å². The van der Waals surface area contributed by atoms with Gasteiger partial charge in [0.25, 0.3) is 0 Å². The minimum absolute atomic E-state index is 0.0368. The lowest BCUT2D eigenvalue weighted by Gasteiger charge is -2.36. The van der Waals surface area contributed by atoms with Gasteiger partial charge in [0.15, 0.2) is 0 Å². The molecule has 0 bridgehead atoms. The van der Waals surface area contributed by atoms with E-state index < -0.39 is 6.36 Å². The highest BCUT2D eigenvalue weighted by Crippen LogP contribution is 2.24. The van der Waals surface area contributed by atoms with E-state index in [1.54, 1.807) is 17.0 Å². The molecule has 120 valence electrons. The number of hydrogen-bond acceptors (Lipinski definition) is 3. The largest absolute Gasteiger partial charge is 0.573 e. The second-order valence-corrected chi connectivity index (χ2v) is 5.46. The molecule has 0 aromatic heterocycles. The summed E-state index contributed by atoms with van der Waals surface area (Å²) in [5, 5.41) is 2.80. The first-order valence-corrected chi connectivity index (χ1v) is 7.02. The van der Waals surface area contributed by atoms with Crippen LogP contribution in [0.5, 0.6) is 5.75 Å². The van der Waals surface area contributed by atoms with Gasteiger partial charge >= 0.3 is 12.4 Å². The molecular weight excluding hydrogens is 299 g/mol. The SMILES string of the molecule is O=C1NCC2CN(Cc3cccc(OC(F)(F)F)c3)CCN12. The summed E-state index contributed by atoms with van der Waals surface area (Å²) in [7, 11) is 0. The molecule has 1 N–H and O–H groups in total. The van der Waals surface area contributed by atoms with Gasteiger partial charge in [-0.3, -0.25) is 4.90 Å². The lowest BCUT2D eigenvalue weighted by Crippen LogP contribution is -2.51. The molecule has 22 heavy (non-hydrogen) atoms. The van der Waals surface area contributed by atoms with Crippen molar-refractivity contribution in [1.82, 2.24) is 15.1 Å². The molecule has 8 heteroatoms. The van der Waals surface area contributed by atoms with Gasteiger partial charge in [0, 0.05) is 32.7 Å². The van der Waals surface area contributed by atoms with E-state index in [-0.39, 0.29) is 17.8 Å². The summed E-state index contributed by atoms with van der Waals surface area (Å²) < 4.78 is 40.6. The smallest absolute Gasteiger partial charge is 0.406 e. The second kappa shape index (κ2) is 5.68. The number of hydrogen-bond donors (Lipinski definition) is 1. The minimum Gasteiger partial charge on any atom is -0.406 e. The lowest BCUT2D eigenvalue weighted by molar-refractivity contribution is -0.274. The number of ether oxygens (including phenoxy) is 1. The number of piperazine rings is 1. The predicted octanol–water partition coefficient (Wildman–Crippen LogP) is 1.79. The third-order valence-corrected chi connectivity index (χ3v) is 3.85. The summed E-state index contributed by atoms with van der Waals surface area (Å²) in [4.78, 5) is 15.5. The first-order chi connectivity index (χ1) is 10.4. The molecule has 1 aromatic carbocycles. The number of nitrogens with one attached hydrogen (secondary N) is 1. The van der Waals surface area contributed by atoms with Gasteiger partial charge in [-0.1, -0.05) is 12.1 Å². The fraction of sp³-hybridized carbons (Fsp3) is 0.500. The summed E-state index contributed by atoms with van der Waals surface area (Å²) in [6, 6.07) is 6.11. The van der Waals surface area contributed by atoms with Crippen LogP contribution in [0.3, 0.4) is 0 Å². The Morgan fingerprint density at radius 1 is 1.32 bits per heavy atom. The van der Waals surface area contributed by atoms with Crippen molar-refractivity contribution >= 4 is 6.03 Å². The monoisotopic (exact) mass is 315 g/mol. The van der Waals surface area contributed by atoms with E-state index in [0.717, 1.165) is 5.56 Å². The normalized spacial score (nSPS) is 22.4. The average Bonchev–Trinajstić information content (AvgIpc) is 2.78. The first kappa shape index (κ1) is 15.0. The molecule has 0 saturated carbocycles. The minimum atomic E-state index is -4.68. The standard InChI is InChI=1S/C14H16F3N3O2/c15-14(16,17)22-12-3-1-2-10(6-12)8-19-4-5-20-11(9-19)7-18-13(20)21/h1-3,6,11H,4-5,7-9H2,(H,18,21). The molecule has 1 aromatic rings. The fourth-order valence-corrected chi connectivity index (χ4v) is 2.91. The van der Waals surface area contributed by atoms with Crippen molar-refractivity contribution in [3.63, 3.8) is 0 Å². The Kier molecular flexibility index (Phi) is 3.86. The van der Waals surface area contributed by atoms with Gasteiger partial charge in [0.05, 0.1) is 6.04 Å². The van der Waals surface area contributed by atoms with Gasteiger partial charge in [-0.2, -0.15) is 0 Å². The molecule has 2 aliphatic heterocycles. The molecular formula is C14H16F3N3O2. The summed E-state index contributed by atoms with van der Waals surface area (Å²) in [5.41, 5.74) is 0.757. The van der Waals surface area contributed by atoms with E-state index in [2.05, 4.69) is 15.0 Å². The quantitative estimate of drug-likeness (QED) is 0.925. The van der Waals surface area contributed by atoms with Crippen molar-refractivity contribution in [2.75, 3.05) is 26.2 Å². The number of urea groups is 1. The van der Waals surface area contributed by atoms with Crippen LogP contribution in [0, 0.1) is 0 Å². The molecule has 3 rings (SSSR count). The van der Waals surface area contributed by atoms with Gasteiger partial charge in [-0.05, 0) is 17.7 Å². The second-order valence-electron chi connectivity index (χ2n) is 5.46. The van der Waals surface area contributed by atoms with E-state index in [1.165, 1.54) is 12.1 Å². The molecule has 5 nitrogen and oxygen atoms in total. The van der Waals surface area contributed by atoms with Gasteiger partial charge in [-0.25, -0.2) is 4.79 Å². The van der Waals surface area contributed by atoms with Crippen molar-refractivity contribution in [2.45, 2.75) is 18.9 Å². The van der Waals surface area contributed by atoms with Crippen LogP contribution < -0.4 is 10.1 Å². The highest BCUT2D eigenvalue weighted by Gasteiger charge is 2.35. The summed E-state index contributed by atoms with van der Waals surface area (Å²) in [6.07, 6.45) is -4.68. The number of nitrogens with zero attached hydrogens (tertiary/aromatic N) is 2. The Morgan fingerprint density at radius 3 is 2.91 bits per heavy atom. The zero-order valence-corrected chi connectivity index (χ0v) is 11.8. The maximum Gasteiger partial charge on any atom is 0.573 e. The van der Waals surface area contributed by atoms with Crippen LogP contribution in [0.1, 0.15) is 5.56 Å². The van der Waals surface area contributed by atoms with Crippen LogP contribution in [0.25, 0.3) is 0 Å². The number of fused-ring (bicyclic) bond motifs is 1. The van der Waals surface area contributed by atoms with Crippen LogP contribution in [-0.2, 0) is 6.54 Å². The van der Waals surface area contributed by atoms with Crippen molar-refractivity contribution in [2.24, 2.45) is 0 Å². The molecule has 0 aliphatic carbocycles. The third kappa shape index (κ3) is 3.44. The van der Waals surface area contributed by atoms with Gasteiger partial charge < -0.3 is 15.0 Å². The zero-order valence-electron chi connectivity index (χ0n) is 11.8. The van der Waals surface area contributed by atoms with Crippen LogP contribution in [0.2, 0.25) is 0 Å². The van der Waals surface area contributed by atoms with Crippen LogP contribution in [-0.4, -0.2) is 54.4 Å². The number of halogens is 3. The molecule has 0 spiro atoms. The molecule has 2 amide bonds. The van der Waals surface area contributed by atoms with Crippen LogP contribution in [0.15, 0.2) is 24.3 Å². The predicted molar refractivity (Wildman–Crippen MR) is 72.3 cm³/mol. The molecule has 2 saturated heterocycles. The topological polar surface area (TPSA) is 44.8 Å². The molecule has 0 radical (unpaired) electrons. The summed E-state index contributed by atoms with van der Waals surface area (Å²) in [5.74, 6) is -0.207. The fourth-order valence-electron chi connectivity index (χ4n) is 2.91. The lowest BCUT2D eigenvalue weighted by atomic mass is 10.1. The zero-order chi connectivity index (χ0) is 15.7. The Hall–Kier alpha value is -1.96. The van der Waals surface area contributed by atoms with E-state index in [1.807, 2.05) is 0 Å². The highest BCUT2D eigenvalue weighted by atomic mass is 19.4. The van der Waals surface area contributed by atoms with Crippen LogP contribution in [0.4, 0.5) is 18.0 Å². The van der Waals surface area contributed by atoms with Crippen LogP contribution >= 0.6 is 0 Å². The third-order valence-electron chi connectivity index (χ3n) is 3.85. The number of carbonyl (C=O) groups is 1. The number of alkyl halides is 3. The number of carbonyl (C=O) groups excluding carboxylic acids is 1. The van der Waals surface area contributed by atoms with Crippen molar-refractivity contribution in [1.29, 1.82) is 0 Å². The number of benzene rings is 1. The van der Waals surface area contributed by atoms with E-state index in [9.17, 15) is 18.0 Å². The van der Waals surface area contributed by atoms with E-state index in [0.29, 0.717) is 32.7 Å². The summed E-state index contributed by atoms with van der Waals surface area (Å²) in [6.45, 7) is 3.20. The Bertz CT molecular complexity index is 565. The maximum absolute atomic E-state index is 12.2.